The number of hydrogen-bond acceptors (Lipinski definition) is 3. The SMILES string of the molecule is C=C(C)n1cnc2ccccc21.C=C(C)n1nc2ccccc2n1. The lowest BCUT2D eigenvalue weighted by Crippen LogP contribution is -1.95. The molecule has 0 N–H and O–H groups in total. The van der Waals surface area contributed by atoms with Gasteiger partial charge in [0.1, 0.15) is 17.4 Å². The first kappa shape index (κ1) is 15.7. The van der Waals surface area contributed by atoms with Crippen molar-refractivity contribution in [3.8, 4) is 0 Å². The summed E-state index contributed by atoms with van der Waals surface area (Å²) in [4.78, 5) is 5.79. The van der Waals surface area contributed by atoms with Crippen LogP contribution in [0.25, 0.3) is 33.5 Å². The smallest absolute Gasteiger partial charge is 0.113 e. The van der Waals surface area contributed by atoms with Crippen LogP contribution in [0.2, 0.25) is 0 Å². The minimum Gasteiger partial charge on any atom is -0.304 e. The van der Waals surface area contributed by atoms with Crippen molar-refractivity contribution in [2.75, 3.05) is 0 Å². The molecule has 0 aliphatic rings. The zero-order chi connectivity index (χ0) is 17.1. The molecule has 0 atom stereocenters. The first-order valence-electron chi connectivity index (χ1n) is 7.62. The monoisotopic (exact) mass is 317 g/mol. The van der Waals surface area contributed by atoms with Gasteiger partial charge in [-0.05, 0) is 38.1 Å². The Balaban J connectivity index is 0.000000141. The van der Waals surface area contributed by atoms with Gasteiger partial charge >= 0.3 is 0 Å². The predicted molar refractivity (Wildman–Crippen MR) is 99.3 cm³/mol. The molecule has 0 fully saturated rings. The summed E-state index contributed by atoms with van der Waals surface area (Å²) >= 11 is 0. The molecular formula is C19H19N5. The fourth-order valence-corrected chi connectivity index (χ4v) is 2.29. The van der Waals surface area contributed by atoms with Crippen LogP contribution in [0, 0.1) is 0 Å². The minimum atomic E-state index is 0.825. The van der Waals surface area contributed by atoms with Crippen LogP contribution in [-0.2, 0) is 0 Å². The van der Waals surface area contributed by atoms with E-state index in [4.69, 9.17) is 0 Å². The number of imidazole rings is 1. The highest BCUT2D eigenvalue weighted by Gasteiger charge is 2.00. The molecule has 4 rings (SSSR count). The Morgan fingerprint density at radius 1 is 0.792 bits per heavy atom. The second-order valence-electron chi connectivity index (χ2n) is 5.55. The summed E-state index contributed by atoms with van der Waals surface area (Å²) in [6.07, 6.45) is 1.80. The summed E-state index contributed by atoms with van der Waals surface area (Å²) in [5.41, 5.74) is 5.75. The highest BCUT2D eigenvalue weighted by molar-refractivity contribution is 5.78. The highest BCUT2D eigenvalue weighted by Crippen LogP contribution is 2.14. The Bertz CT molecular complexity index is 981. The van der Waals surface area contributed by atoms with Gasteiger partial charge in [0, 0.05) is 5.70 Å². The van der Waals surface area contributed by atoms with E-state index in [-0.39, 0.29) is 0 Å². The van der Waals surface area contributed by atoms with Gasteiger partial charge in [-0.15, -0.1) is 10.2 Å². The van der Waals surface area contributed by atoms with E-state index in [1.54, 1.807) is 11.1 Å². The fourth-order valence-electron chi connectivity index (χ4n) is 2.29. The van der Waals surface area contributed by atoms with Gasteiger partial charge in [-0.3, -0.25) is 0 Å². The molecule has 120 valence electrons. The molecule has 0 saturated heterocycles. The highest BCUT2D eigenvalue weighted by atomic mass is 15.5. The van der Waals surface area contributed by atoms with Crippen molar-refractivity contribution in [3.05, 3.63) is 68.0 Å². The molecule has 5 heteroatoms. The first-order valence-corrected chi connectivity index (χ1v) is 7.62. The van der Waals surface area contributed by atoms with Crippen LogP contribution in [0.1, 0.15) is 13.8 Å². The molecular weight excluding hydrogens is 298 g/mol. The van der Waals surface area contributed by atoms with Gasteiger partial charge in [0.2, 0.25) is 0 Å². The van der Waals surface area contributed by atoms with Crippen molar-refractivity contribution in [2.24, 2.45) is 0 Å². The van der Waals surface area contributed by atoms with Gasteiger partial charge in [-0.25, -0.2) is 4.98 Å². The van der Waals surface area contributed by atoms with Crippen LogP contribution >= 0.6 is 0 Å². The average molecular weight is 317 g/mol. The second-order valence-corrected chi connectivity index (χ2v) is 5.55. The minimum absolute atomic E-state index is 0.825. The summed E-state index contributed by atoms with van der Waals surface area (Å²) in [5, 5.41) is 8.44. The van der Waals surface area contributed by atoms with Crippen LogP contribution in [0.4, 0.5) is 0 Å². The van der Waals surface area contributed by atoms with Crippen LogP contribution in [0.3, 0.4) is 0 Å². The van der Waals surface area contributed by atoms with Crippen LogP contribution in [0.15, 0.2) is 68.0 Å². The molecule has 2 aromatic heterocycles. The maximum atomic E-state index is 4.24. The van der Waals surface area contributed by atoms with E-state index < -0.39 is 0 Å². The number of allylic oxidation sites excluding steroid dienone is 2. The summed E-state index contributed by atoms with van der Waals surface area (Å²) in [5.74, 6) is 0. The first-order chi connectivity index (χ1) is 11.6. The van der Waals surface area contributed by atoms with Crippen LogP contribution in [-0.4, -0.2) is 24.5 Å². The standard InChI is InChI=1S/C10H10N2.C9H9N3/c1-8(2)12-7-11-9-5-3-4-6-10(9)12;1-7(2)12-10-8-5-3-4-6-9(8)11-12/h3-7H,1H2,2H3;3-6H,1H2,2H3. The van der Waals surface area contributed by atoms with E-state index >= 15 is 0 Å². The normalized spacial score (nSPS) is 10.4. The molecule has 2 heterocycles. The Morgan fingerprint density at radius 3 is 1.88 bits per heavy atom. The van der Waals surface area contributed by atoms with Crippen molar-refractivity contribution >= 4 is 33.5 Å². The third-order valence-electron chi connectivity index (χ3n) is 3.49. The fraction of sp³-hybridized carbons (Fsp3) is 0.105. The maximum absolute atomic E-state index is 4.24. The third-order valence-corrected chi connectivity index (χ3v) is 3.49. The average Bonchev–Trinajstić information content (AvgIpc) is 3.19. The number of para-hydroxylation sites is 2. The Morgan fingerprint density at radius 2 is 1.33 bits per heavy atom. The molecule has 0 aliphatic heterocycles. The molecule has 5 nitrogen and oxygen atoms in total. The van der Waals surface area contributed by atoms with Crippen LogP contribution in [0.5, 0.6) is 0 Å². The van der Waals surface area contributed by atoms with Gasteiger partial charge in [-0.2, -0.15) is 4.80 Å². The Kier molecular flexibility index (Phi) is 4.24. The molecule has 0 saturated carbocycles. The molecule has 4 aromatic rings. The second kappa shape index (κ2) is 6.50. The van der Waals surface area contributed by atoms with E-state index in [0.29, 0.717) is 0 Å². The van der Waals surface area contributed by atoms with Gasteiger partial charge < -0.3 is 4.57 Å². The largest absolute Gasteiger partial charge is 0.304 e. The zero-order valence-electron chi connectivity index (χ0n) is 13.8. The molecule has 24 heavy (non-hydrogen) atoms. The molecule has 2 aromatic carbocycles. The molecule has 0 unspecified atom stereocenters. The number of rotatable bonds is 2. The van der Waals surface area contributed by atoms with E-state index in [9.17, 15) is 0 Å². The number of fused-ring (bicyclic) bond motifs is 2. The van der Waals surface area contributed by atoms with E-state index in [1.165, 1.54) is 0 Å². The summed E-state index contributed by atoms with van der Waals surface area (Å²) in [6.45, 7) is 11.5. The van der Waals surface area contributed by atoms with Crippen molar-refractivity contribution < 1.29 is 0 Å². The number of hydrogen-bond donors (Lipinski definition) is 0. The third kappa shape index (κ3) is 3.10. The summed E-state index contributed by atoms with van der Waals surface area (Å²) < 4.78 is 1.98. The molecule has 0 spiro atoms. The lowest BCUT2D eigenvalue weighted by molar-refractivity contribution is 0.781. The lowest BCUT2D eigenvalue weighted by atomic mass is 10.3. The number of aromatic nitrogens is 5. The zero-order valence-corrected chi connectivity index (χ0v) is 13.8. The van der Waals surface area contributed by atoms with Gasteiger partial charge in [0.25, 0.3) is 0 Å². The topological polar surface area (TPSA) is 48.5 Å². The van der Waals surface area contributed by atoms with E-state index in [1.807, 2.05) is 66.9 Å². The lowest BCUT2D eigenvalue weighted by Gasteiger charge is -1.99. The molecule has 0 bridgehead atoms. The Hall–Kier alpha value is -3.21. The van der Waals surface area contributed by atoms with E-state index in [2.05, 4.69) is 28.3 Å². The number of nitrogens with zero attached hydrogens (tertiary/aromatic N) is 5. The molecule has 0 radical (unpaired) electrons. The Labute approximate surface area is 140 Å². The quantitative estimate of drug-likeness (QED) is 0.549. The summed E-state index contributed by atoms with van der Waals surface area (Å²) in [7, 11) is 0. The summed E-state index contributed by atoms with van der Waals surface area (Å²) in [6, 6.07) is 15.8. The van der Waals surface area contributed by atoms with E-state index in [0.717, 1.165) is 33.5 Å². The van der Waals surface area contributed by atoms with Gasteiger partial charge in [0.15, 0.2) is 0 Å². The molecule has 0 aliphatic carbocycles. The van der Waals surface area contributed by atoms with Gasteiger partial charge in [0.05, 0.1) is 16.7 Å². The maximum Gasteiger partial charge on any atom is 0.113 e. The van der Waals surface area contributed by atoms with Crippen molar-refractivity contribution in [2.45, 2.75) is 13.8 Å². The van der Waals surface area contributed by atoms with Crippen LogP contribution < -0.4 is 0 Å². The molecule has 0 amide bonds. The van der Waals surface area contributed by atoms with Crippen molar-refractivity contribution in [1.82, 2.24) is 24.5 Å². The number of benzene rings is 2. The predicted octanol–water partition coefficient (Wildman–Crippen LogP) is 4.45. The van der Waals surface area contributed by atoms with Gasteiger partial charge in [-0.1, -0.05) is 37.4 Å². The van der Waals surface area contributed by atoms with Crippen molar-refractivity contribution in [1.29, 1.82) is 0 Å². The van der Waals surface area contributed by atoms with Crippen molar-refractivity contribution in [3.63, 3.8) is 0 Å².